The molecule has 0 unspecified atom stereocenters. The van der Waals surface area contributed by atoms with Crippen LogP contribution in [0.4, 0.5) is 20.5 Å². The number of nitrogens with two attached hydrogens (primary N) is 1. The van der Waals surface area contributed by atoms with Crippen molar-refractivity contribution in [1.82, 2.24) is 14.9 Å². The SMILES string of the molecule is COC[C@H]1CC(C=Nc2nc(NC3CC3)ncc2C)=C(N)C(=O)N1Cc1ccc(F)c(F)c1. The van der Waals surface area contributed by atoms with E-state index in [1.807, 2.05) is 6.92 Å². The van der Waals surface area contributed by atoms with Crippen molar-refractivity contribution < 1.29 is 18.3 Å². The van der Waals surface area contributed by atoms with E-state index in [4.69, 9.17) is 10.5 Å². The molecule has 33 heavy (non-hydrogen) atoms. The normalized spacial score (nSPS) is 19.0. The van der Waals surface area contributed by atoms with Gasteiger partial charge in [-0.15, -0.1) is 0 Å². The van der Waals surface area contributed by atoms with Crippen molar-refractivity contribution in [3.63, 3.8) is 0 Å². The first kappa shape index (κ1) is 22.8. The maximum atomic E-state index is 13.6. The van der Waals surface area contributed by atoms with Crippen LogP contribution in [0.15, 0.2) is 40.7 Å². The van der Waals surface area contributed by atoms with Crippen molar-refractivity contribution in [1.29, 1.82) is 0 Å². The van der Waals surface area contributed by atoms with E-state index in [0.29, 0.717) is 35.4 Å². The molecule has 1 aliphatic carbocycles. The first-order chi connectivity index (χ1) is 15.9. The third-order valence-electron chi connectivity index (χ3n) is 5.63. The van der Waals surface area contributed by atoms with Gasteiger partial charge < -0.3 is 20.7 Å². The van der Waals surface area contributed by atoms with E-state index in [2.05, 4.69) is 20.3 Å². The summed E-state index contributed by atoms with van der Waals surface area (Å²) in [6.07, 6.45) is 5.86. The Hall–Kier alpha value is -3.40. The van der Waals surface area contributed by atoms with Crippen molar-refractivity contribution in [2.24, 2.45) is 10.7 Å². The number of methoxy groups -OCH3 is 1. The number of nitrogens with zero attached hydrogens (tertiary/aromatic N) is 4. The number of benzene rings is 1. The fraction of sp³-hybridized carbons (Fsp3) is 0.391. The van der Waals surface area contributed by atoms with Crippen LogP contribution >= 0.6 is 0 Å². The van der Waals surface area contributed by atoms with Gasteiger partial charge in [0.25, 0.3) is 5.91 Å². The van der Waals surface area contributed by atoms with Gasteiger partial charge in [0.15, 0.2) is 17.5 Å². The number of aliphatic imine (C=N–C) groups is 1. The summed E-state index contributed by atoms with van der Waals surface area (Å²) in [6.45, 7) is 2.19. The first-order valence-corrected chi connectivity index (χ1v) is 10.7. The van der Waals surface area contributed by atoms with E-state index < -0.39 is 17.5 Å². The van der Waals surface area contributed by atoms with Crippen LogP contribution in [0.1, 0.15) is 30.4 Å². The molecular formula is C23H26F2N6O2. The average Bonchev–Trinajstić information content (AvgIpc) is 3.61. The molecule has 1 atom stereocenters. The van der Waals surface area contributed by atoms with E-state index in [-0.39, 0.29) is 24.9 Å². The van der Waals surface area contributed by atoms with Crippen LogP contribution in [-0.4, -0.2) is 52.8 Å². The molecule has 0 bridgehead atoms. The van der Waals surface area contributed by atoms with Crippen LogP contribution in [0.2, 0.25) is 0 Å². The molecule has 0 radical (unpaired) electrons. The summed E-state index contributed by atoms with van der Waals surface area (Å²) in [5, 5.41) is 3.24. The molecule has 8 nitrogen and oxygen atoms in total. The molecule has 2 heterocycles. The highest BCUT2D eigenvalue weighted by molar-refractivity contribution is 6.01. The summed E-state index contributed by atoms with van der Waals surface area (Å²) < 4.78 is 32.2. The van der Waals surface area contributed by atoms with Gasteiger partial charge >= 0.3 is 0 Å². The molecule has 1 amide bonds. The maximum Gasteiger partial charge on any atom is 0.270 e. The summed E-state index contributed by atoms with van der Waals surface area (Å²) in [6, 6.07) is 3.63. The van der Waals surface area contributed by atoms with Crippen LogP contribution in [-0.2, 0) is 16.1 Å². The minimum absolute atomic E-state index is 0.0525. The molecule has 1 fully saturated rings. The number of amides is 1. The number of rotatable bonds is 8. The van der Waals surface area contributed by atoms with E-state index in [9.17, 15) is 13.6 Å². The number of aryl methyl sites for hydroxylation is 1. The standard InChI is InChI=1S/C23H26F2N6O2/c1-13-9-28-23(29-16-4-5-16)30-21(13)27-10-15-8-17(12-33-2)31(22(32)20(15)26)11-14-3-6-18(24)19(25)7-14/h3,6-7,9-10,16-17H,4-5,8,11-12,26H2,1-2H3,(H,28,29,30)/t17-/m1/s1. The largest absolute Gasteiger partial charge is 0.394 e. The second-order valence-electron chi connectivity index (χ2n) is 8.31. The Morgan fingerprint density at radius 3 is 2.82 bits per heavy atom. The van der Waals surface area contributed by atoms with Crippen molar-refractivity contribution >= 4 is 23.9 Å². The fourth-order valence-corrected chi connectivity index (χ4v) is 3.61. The zero-order chi connectivity index (χ0) is 23.5. The Bertz CT molecular complexity index is 1120. The molecular weight excluding hydrogens is 430 g/mol. The number of anilines is 1. The molecule has 1 aliphatic heterocycles. The minimum Gasteiger partial charge on any atom is -0.394 e. The number of nitrogens with one attached hydrogen (secondary N) is 1. The van der Waals surface area contributed by atoms with E-state index >= 15 is 0 Å². The van der Waals surface area contributed by atoms with Gasteiger partial charge in [0.05, 0.1) is 12.6 Å². The highest BCUT2D eigenvalue weighted by Crippen LogP contribution is 2.27. The van der Waals surface area contributed by atoms with Gasteiger partial charge in [-0.1, -0.05) is 6.07 Å². The highest BCUT2D eigenvalue weighted by atomic mass is 19.2. The van der Waals surface area contributed by atoms with Crippen LogP contribution in [0.3, 0.4) is 0 Å². The molecule has 1 saturated carbocycles. The Morgan fingerprint density at radius 2 is 2.12 bits per heavy atom. The Morgan fingerprint density at radius 1 is 1.33 bits per heavy atom. The van der Waals surface area contributed by atoms with Crippen molar-refractivity contribution in [3.05, 3.63) is 58.4 Å². The second-order valence-corrected chi connectivity index (χ2v) is 8.31. The molecule has 1 aromatic carbocycles. The van der Waals surface area contributed by atoms with Gasteiger partial charge in [-0.05, 0) is 43.9 Å². The zero-order valence-corrected chi connectivity index (χ0v) is 18.5. The van der Waals surface area contributed by atoms with Crippen molar-refractivity contribution in [3.8, 4) is 0 Å². The fourth-order valence-electron chi connectivity index (χ4n) is 3.61. The topological polar surface area (TPSA) is 106 Å². The van der Waals surface area contributed by atoms with E-state index in [0.717, 1.165) is 30.5 Å². The third kappa shape index (κ3) is 5.33. The third-order valence-corrected chi connectivity index (χ3v) is 5.63. The minimum atomic E-state index is -0.965. The molecule has 4 rings (SSSR count). The average molecular weight is 456 g/mol. The lowest BCUT2D eigenvalue weighted by Gasteiger charge is -2.36. The zero-order valence-electron chi connectivity index (χ0n) is 18.5. The predicted octanol–water partition coefficient (Wildman–Crippen LogP) is 3.00. The number of carbonyl (C=O) groups excluding carboxylic acids is 1. The van der Waals surface area contributed by atoms with Gasteiger partial charge in [0.1, 0.15) is 5.70 Å². The van der Waals surface area contributed by atoms with Gasteiger partial charge in [-0.25, -0.2) is 18.8 Å². The van der Waals surface area contributed by atoms with Gasteiger partial charge in [-0.2, -0.15) is 4.98 Å². The number of carbonyl (C=O) groups is 1. The summed E-state index contributed by atoms with van der Waals surface area (Å²) >= 11 is 0. The lowest BCUT2D eigenvalue weighted by atomic mass is 9.97. The lowest BCUT2D eigenvalue weighted by molar-refractivity contribution is -0.132. The summed E-state index contributed by atoms with van der Waals surface area (Å²) in [5.41, 5.74) is 8.04. The lowest BCUT2D eigenvalue weighted by Crippen LogP contribution is -2.48. The summed E-state index contributed by atoms with van der Waals surface area (Å²) in [5.74, 6) is -1.30. The Labute approximate surface area is 190 Å². The van der Waals surface area contributed by atoms with Crippen molar-refractivity contribution in [2.45, 2.75) is 44.8 Å². The summed E-state index contributed by atoms with van der Waals surface area (Å²) in [4.78, 5) is 27.8. The van der Waals surface area contributed by atoms with Crippen LogP contribution < -0.4 is 11.1 Å². The number of halogens is 2. The quantitative estimate of drug-likeness (QED) is 0.592. The number of aromatic nitrogens is 2. The molecule has 0 saturated heterocycles. The molecule has 174 valence electrons. The second kappa shape index (κ2) is 9.62. The first-order valence-electron chi connectivity index (χ1n) is 10.7. The van der Waals surface area contributed by atoms with E-state index in [1.165, 1.54) is 18.1 Å². The molecule has 0 spiro atoms. The molecule has 10 heteroatoms. The van der Waals surface area contributed by atoms with E-state index in [1.54, 1.807) is 12.4 Å². The molecule has 1 aromatic heterocycles. The molecule has 3 N–H and O–H groups in total. The Kier molecular flexibility index (Phi) is 6.64. The molecule has 2 aromatic rings. The Balaban J connectivity index is 1.56. The number of hydrogen-bond acceptors (Lipinski definition) is 7. The highest BCUT2D eigenvalue weighted by Gasteiger charge is 2.33. The van der Waals surface area contributed by atoms with Crippen molar-refractivity contribution in [2.75, 3.05) is 19.0 Å². The smallest absolute Gasteiger partial charge is 0.270 e. The summed E-state index contributed by atoms with van der Waals surface area (Å²) in [7, 11) is 1.54. The van der Waals surface area contributed by atoms with Crippen LogP contribution in [0, 0.1) is 18.6 Å². The van der Waals surface area contributed by atoms with Gasteiger partial charge in [0, 0.05) is 43.2 Å². The van der Waals surface area contributed by atoms with Crippen LogP contribution in [0.25, 0.3) is 0 Å². The number of hydrogen-bond donors (Lipinski definition) is 2. The molecule has 2 aliphatic rings. The van der Waals surface area contributed by atoms with Crippen LogP contribution in [0.5, 0.6) is 0 Å². The van der Waals surface area contributed by atoms with Gasteiger partial charge in [0.2, 0.25) is 5.95 Å². The maximum absolute atomic E-state index is 13.6. The van der Waals surface area contributed by atoms with Gasteiger partial charge in [-0.3, -0.25) is 4.79 Å². The monoisotopic (exact) mass is 456 g/mol. The predicted molar refractivity (Wildman–Crippen MR) is 120 cm³/mol. The number of ether oxygens (including phenoxy) is 1.